The third-order valence-corrected chi connectivity index (χ3v) is 4.21. The summed E-state index contributed by atoms with van der Waals surface area (Å²) in [6.45, 7) is 3.60. The van der Waals surface area contributed by atoms with Crippen LogP contribution in [0.15, 0.2) is 40.9 Å². The molecule has 0 spiro atoms. The molecule has 2 aromatic rings. The highest BCUT2D eigenvalue weighted by Crippen LogP contribution is 2.28. The van der Waals surface area contributed by atoms with E-state index in [1.807, 2.05) is 0 Å². The Morgan fingerprint density at radius 1 is 1.24 bits per heavy atom. The lowest BCUT2D eigenvalue weighted by Crippen LogP contribution is -2.21. The molecular formula is C18H17BrClNO4. The van der Waals surface area contributed by atoms with Crippen molar-refractivity contribution < 1.29 is 19.1 Å². The summed E-state index contributed by atoms with van der Waals surface area (Å²) in [6, 6.07) is 10.1. The average Bonchev–Trinajstić information content (AvgIpc) is 2.56. The van der Waals surface area contributed by atoms with Crippen molar-refractivity contribution in [1.29, 1.82) is 0 Å². The fraction of sp³-hybridized carbons (Fsp3) is 0.222. The number of benzene rings is 2. The van der Waals surface area contributed by atoms with Gasteiger partial charge < -0.3 is 14.8 Å². The molecule has 0 heterocycles. The minimum atomic E-state index is -0.419. The van der Waals surface area contributed by atoms with E-state index in [-0.39, 0.29) is 12.5 Å². The second-order valence-corrected chi connectivity index (χ2v) is 6.40. The average molecular weight is 427 g/mol. The van der Waals surface area contributed by atoms with Crippen molar-refractivity contribution >= 4 is 45.1 Å². The molecule has 0 saturated carbocycles. The lowest BCUT2D eigenvalue weighted by molar-refractivity contribution is -0.118. The van der Waals surface area contributed by atoms with Gasteiger partial charge in [-0.1, -0.05) is 17.7 Å². The maximum Gasteiger partial charge on any atom is 0.338 e. The number of esters is 1. The highest BCUT2D eigenvalue weighted by Gasteiger charge is 2.14. The van der Waals surface area contributed by atoms with Crippen LogP contribution in [0.4, 0.5) is 5.69 Å². The number of halogens is 2. The molecule has 0 saturated heterocycles. The monoisotopic (exact) mass is 425 g/mol. The van der Waals surface area contributed by atoms with E-state index in [0.717, 1.165) is 0 Å². The largest absolute Gasteiger partial charge is 0.483 e. The number of carbonyl (C=O) groups excluding carboxylic acids is 2. The van der Waals surface area contributed by atoms with Crippen LogP contribution in [0.25, 0.3) is 0 Å². The van der Waals surface area contributed by atoms with E-state index in [1.54, 1.807) is 50.2 Å². The Morgan fingerprint density at radius 3 is 2.68 bits per heavy atom. The van der Waals surface area contributed by atoms with Gasteiger partial charge in [-0.15, -0.1) is 0 Å². The Hall–Kier alpha value is -2.05. The van der Waals surface area contributed by atoms with Gasteiger partial charge in [0.05, 0.1) is 16.6 Å². The van der Waals surface area contributed by atoms with E-state index in [9.17, 15) is 9.59 Å². The molecule has 0 fully saturated rings. The summed E-state index contributed by atoms with van der Waals surface area (Å²) in [5.74, 6) is -0.250. The number of anilines is 1. The molecule has 0 aliphatic heterocycles. The number of carbonyl (C=O) groups is 2. The highest BCUT2D eigenvalue weighted by atomic mass is 79.9. The second-order valence-electron chi connectivity index (χ2n) is 5.11. The Bertz CT molecular complexity index is 795. The Kier molecular flexibility index (Phi) is 6.84. The molecular weight excluding hydrogens is 410 g/mol. The summed E-state index contributed by atoms with van der Waals surface area (Å²) in [5.41, 5.74) is 1.59. The van der Waals surface area contributed by atoms with Crippen LogP contribution in [0.1, 0.15) is 22.8 Å². The molecule has 5 nitrogen and oxygen atoms in total. The van der Waals surface area contributed by atoms with E-state index in [0.29, 0.717) is 38.7 Å². The van der Waals surface area contributed by atoms with Gasteiger partial charge in [0.2, 0.25) is 0 Å². The van der Waals surface area contributed by atoms with Gasteiger partial charge in [-0.2, -0.15) is 0 Å². The number of hydrogen-bond donors (Lipinski definition) is 1. The molecule has 132 valence electrons. The molecule has 0 aromatic heterocycles. The van der Waals surface area contributed by atoms with Gasteiger partial charge >= 0.3 is 5.97 Å². The fourth-order valence-corrected chi connectivity index (χ4v) is 2.92. The molecule has 25 heavy (non-hydrogen) atoms. The first-order valence-electron chi connectivity index (χ1n) is 7.56. The van der Waals surface area contributed by atoms with Gasteiger partial charge in [-0.3, -0.25) is 4.79 Å². The lowest BCUT2D eigenvalue weighted by atomic mass is 10.1. The zero-order chi connectivity index (χ0) is 18.4. The van der Waals surface area contributed by atoms with Crippen molar-refractivity contribution in [3.63, 3.8) is 0 Å². The normalized spacial score (nSPS) is 10.2. The maximum atomic E-state index is 12.1. The van der Waals surface area contributed by atoms with E-state index in [2.05, 4.69) is 21.2 Å². The van der Waals surface area contributed by atoms with Gasteiger partial charge in [-0.05, 0) is 65.7 Å². The second kappa shape index (κ2) is 8.87. The predicted octanol–water partition coefficient (Wildman–Crippen LogP) is 4.61. The Balaban J connectivity index is 2.03. The summed E-state index contributed by atoms with van der Waals surface area (Å²) >= 11 is 9.19. The quantitative estimate of drug-likeness (QED) is 0.685. The minimum absolute atomic E-state index is 0.177. The van der Waals surface area contributed by atoms with Crippen molar-refractivity contribution in [2.45, 2.75) is 13.8 Å². The number of amides is 1. The number of ether oxygens (including phenoxy) is 2. The van der Waals surface area contributed by atoms with Gasteiger partial charge in [-0.25, -0.2) is 4.79 Å². The predicted molar refractivity (Wildman–Crippen MR) is 100 cm³/mol. The molecule has 0 unspecified atom stereocenters. The minimum Gasteiger partial charge on any atom is -0.483 e. The van der Waals surface area contributed by atoms with Crippen molar-refractivity contribution in [3.8, 4) is 5.75 Å². The SMILES string of the molecule is CCOC(=O)c1cccc(NC(=O)COc2ccc(Cl)cc2Br)c1C. The third-order valence-electron chi connectivity index (χ3n) is 3.36. The molecule has 1 amide bonds. The van der Waals surface area contributed by atoms with Crippen LogP contribution in [0.5, 0.6) is 5.75 Å². The maximum absolute atomic E-state index is 12.1. The molecule has 0 atom stereocenters. The van der Waals surface area contributed by atoms with Gasteiger partial charge in [0, 0.05) is 10.7 Å². The van der Waals surface area contributed by atoms with Crippen molar-refractivity contribution in [2.24, 2.45) is 0 Å². The van der Waals surface area contributed by atoms with Crippen LogP contribution in [0, 0.1) is 6.92 Å². The van der Waals surface area contributed by atoms with Crippen molar-refractivity contribution in [2.75, 3.05) is 18.5 Å². The van der Waals surface area contributed by atoms with Crippen LogP contribution < -0.4 is 10.1 Å². The molecule has 0 radical (unpaired) electrons. The van der Waals surface area contributed by atoms with Gasteiger partial charge in [0.25, 0.3) is 5.91 Å². The summed E-state index contributed by atoms with van der Waals surface area (Å²) in [5, 5.41) is 3.30. The molecule has 7 heteroatoms. The molecule has 0 aliphatic rings. The van der Waals surface area contributed by atoms with Crippen LogP contribution in [0.3, 0.4) is 0 Å². The van der Waals surface area contributed by atoms with Gasteiger partial charge in [0.1, 0.15) is 5.75 Å². The van der Waals surface area contributed by atoms with Crippen molar-refractivity contribution in [1.82, 2.24) is 0 Å². The zero-order valence-corrected chi connectivity index (χ0v) is 16.1. The molecule has 0 aliphatic carbocycles. The van der Waals surface area contributed by atoms with Crippen molar-refractivity contribution in [3.05, 3.63) is 57.0 Å². The van der Waals surface area contributed by atoms with E-state index in [1.165, 1.54) is 0 Å². The first-order chi connectivity index (χ1) is 11.9. The standard InChI is InChI=1S/C18H17BrClNO4/c1-3-24-18(23)13-5-4-6-15(11(13)2)21-17(22)10-25-16-8-7-12(20)9-14(16)19/h4-9H,3,10H2,1-2H3,(H,21,22). The van der Waals surface area contributed by atoms with E-state index >= 15 is 0 Å². The van der Waals surface area contributed by atoms with Crippen LogP contribution in [-0.2, 0) is 9.53 Å². The Labute approximate surface area is 159 Å². The topological polar surface area (TPSA) is 64.6 Å². The first-order valence-corrected chi connectivity index (χ1v) is 8.74. The molecule has 1 N–H and O–H groups in total. The van der Waals surface area contributed by atoms with E-state index in [4.69, 9.17) is 21.1 Å². The molecule has 0 bridgehead atoms. The summed E-state index contributed by atoms with van der Waals surface area (Å²) in [7, 11) is 0. The fourth-order valence-electron chi connectivity index (χ4n) is 2.12. The molecule has 2 aromatic carbocycles. The summed E-state index contributed by atoms with van der Waals surface area (Å²) < 4.78 is 11.1. The summed E-state index contributed by atoms with van der Waals surface area (Å²) in [6.07, 6.45) is 0. The van der Waals surface area contributed by atoms with Crippen LogP contribution in [0.2, 0.25) is 5.02 Å². The first kappa shape index (κ1) is 19.3. The third kappa shape index (κ3) is 5.21. The number of rotatable bonds is 6. The molecule has 2 rings (SSSR count). The Morgan fingerprint density at radius 2 is 2.00 bits per heavy atom. The van der Waals surface area contributed by atoms with Crippen LogP contribution in [-0.4, -0.2) is 25.1 Å². The summed E-state index contributed by atoms with van der Waals surface area (Å²) in [4.78, 5) is 24.0. The number of nitrogens with one attached hydrogen (secondary N) is 1. The lowest BCUT2D eigenvalue weighted by Gasteiger charge is -2.13. The van der Waals surface area contributed by atoms with Crippen LogP contribution >= 0.6 is 27.5 Å². The highest BCUT2D eigenvalue weighted by molar-refractivity contribution is 9.10. The smallest absolute Gasteiger partial charge is 0.338 e. The zero-order valence-electron chi connectivity index (χ0n) is 13.8. The van der Waals surface area contributed by atoms with Gasteiger partial charge in [0.15, 0.2) is 6.61 Å². The van der Waals surface area contributed by atoms with E-state index < -0.39 is 5.97 Å². The number of hydrogen-bond acceptors (Lipinski definition) is 4.